The van der Waals surface area contributed by atoms with Crippen molar-refractivity contribution in [2.45, 2.75) is 9.79 Å². The third-order valence-corrected chi connectivity index (χ3v) is 4.34. The van der Waals surface area contributed by atoms with Crippen LogP contribution in [0.25, 0.3) is 0 Å². The van der Waals surface area contributed by atoms with Crippen molar-refractivity contribution in [3.8, 4) is 0 Å². The summed E-state index contributed by atoms with van der Waals surface area (Å²) in [5.41, 5.74) is 0. The first-order valence-corrected chi connectivity index (χ1v) is 6.73. The predicted octanol–water partition coefficient (Wildman–Crippen LogP) is 3.45. The predicted molar refractivity (Wildman–Crippen MR) is 63.3 cm³/mol. The smallest absolute Gasteiger partial charge is 0.209 e. The molecule has 0 fully saturated rings. The lowest BCUT2D eigenvalue weighted by Crippen LogP contribution is -2.05. The van der Waals surface area contributed by atoms with Gasteiger partial charge in [0.25, 0.3) is 0 Å². The second-order valence-electron chi connectivity index (χ2n) is 3.53. The maximum Gasteiger partial charge on any atom is 0.209 e. The summed E-state index contributed by atoms with van der Waals surface area (Å²) in [5, 5.41) is 0.355. The molecule has 0 radical (unpaired) electrons. The molecular weight excluding hydrogens is 282 g/mol. The van der Waals surface area contributed by atoms with Gasteiger partial charge in [-0.25, -0.2) is 17.2 Å². The average molecular weight is 289 g/mol. The van der Waals surface area contributed by atoms with Gasteiger partial charge in [0.15, 0.2) is 0 Å². The largest absolute Gasteiger partial charge is 0.218 e. The second-order valence-corrected chi connectivity index (χ2v) is 5.89. The molecule has 2 aromatic rings. The van der Waals surface area contributed by atoms with Crippen LogP contribution in [0.3, 0.4) is 0 Å². The van der Waals surface area contributed by atoms with E-state index in [1.165, 1.54) is 24.3 Å². The fourth-order valence-corrected chi connectivity index (χ4v) is 2.89. The van der Waals surface area contributed by atoms with Gasteiger partial charge in [0.2, 0.25) is 9.84 Å². The minimum absolute atomic E-state index is 0.142. The number of benzene rings is 2. The molecule has 6 heteroatoms. The van der Waals surface area contributed by atoms with Crippen LogP contribution in [0.15, 0.2) is 52.3 Å². The van der Waals surface area contributed by atoms with Gasteiger partial charge in [-0.3, -0.25) is 0 Å². The maximum absolute atomic E-state index is 13.5. The SMILES string of the molecule is O=S(=O)(c1ccc(Cl)cc1)c1cc(F)ccc1F. The van der Waals surface area contributed by atoms with Crippen molar-refractivity contribution >= 4 is 21.4 Å². The zero-order valence-electron chi connectivity index (χ0n) is 8.90. The Morgan fingerprint density at radius 2 is 1.56 bits per heavy atom. The molecule has 0 amide bonds. The van der Waals surface area contributed by atoms with Crippen LogP contribution in [0.5, 0.6) is 0 Å². The van der Waals surface area contributed by atoms with Crippen LogP contribution in [0, 0.1) is 11.6 Å². The molecule has 0 unspecified atom stereocenters. The number of halogens is 3. The highest BCUT2D eigenvalue weighted by molar-refractivity contribution is 7.91. The average Bonchev–Trinajstić information content (AvgIpc) is 2.32. The highest BCUT2D eigenvalue weighted by Gasteiger charge is 2.22. The normalized spacial score (nSPS) is 11.5. The molecule has 0 aromatic heterocycles. The van der Waals surface area contributed by atoms with Crippen LogP contribution in [0.2, 0.25) is 5.02 Å². The molecule has 0 heterocycles. The van der Waals surface area contributed by atoms with Gasteiger partial charge in [0.05, 0.1) is 4.90 Å². The summed E-state index contributed by atoms with van der Waals surface area (Å²) in [4.78, 5) is -0.832. The van der Waals surface area contributed by atoms with Crippen LogP contribution in [-0.4, -0.2) is 8.42 Å². The molecule has 2 nitrogen and oxygen atoms in total. The molecule has 0 aliphatic heterocycles. The van der Waals surface area contributed by atoms with E-state index in [4.69, 9.17) is 11.6 Å². The summed E-state index contributed by atoms with van der Waals surface area (Å²) in [6.07, 6.45) is 0. The highest BCUT2D eigenvalue weighted by atomic mass is 35.5. The van der Waals surface area contributed by atoms with E-state index in [1.54, 1.807) is 0 Å². The molecule has 2 aromatic carbocycles. The molecule has 0 bridgehead atoms. The number of rotatable bonds is 2. The standard InChI is InChI=1S/C12H7ClF2O2S/c13-8-1-4-10(5-2-8)18(16,17)12-7-9(14)3-6-11(12)15/h1-7H. The second kappa shape index (κ2) is 4.66. The minimum Gasteiger partial charge on any atom is -0.218 e. The molecule has 0 saturated carbocycles. The van der Waals surface area contributed by atoms with Gasteiger partial charge >= 0.3 is 0 Å². The van der Waals surface area contributed by atoms with E-state index in [2.05, 4.69) is 0 Å². The lowest BCUT2D eigenvalue weighted by molar-refractivity contribution is 0.553. The van der Waals surface area contributed by atoms with E-state index in [9.17, 15) is 17.2 Å². The zero-order chi connectivity index (χ0) is 13.3. The Morgan fingerprint density at radius 3 is 2.17 bits per heavy atom. The van der Waals surface area contributed by atoms with E-state index < -0.39 is 26.4 Å². The molecule has 0 atom stereocenters. The lowest BCUT2D eigenvalue weighted by atomic mass is 10.3. The van der Waals surface area contributed by atoms with E-state index in [1.807, 2.05) is 0 Å². The van der Waals surface area contributed by atoms with Crippen LogP contribution < -0.4 is 0 Å². The summed E-state index contributed by atoms with van der Waals surface area (Å²) >= 11 is 5.64. The molecule has 0 aliphatic rings. The Bertz CT molecular complexity index is 682. The van der Waals surface area contributed by atoms with Crippen molar-refractivity contribution in [3.05, 3.63) is 59.1 Å². The maximum atomic E-state index is 13.5. The Hall–Kier alpha value is -1.46. The fraction of sp³-hybridized carbons (Fsp3) is 0. The van der Waals surface area contributed by atoms with E-state index >= 15 is 0 Å². The van der Waals surface area contributed by atoms with Gasteiger partial charge in [0.1, 0.15) is 16.5 Å². The molecule has 18 heavy (non-hydrogen) atoms. The summed E-state index contributed by atoms with van der Waals surface area (Å²) < 4.78 is 50.6. The van der Waals surface area contributed by atoms with Crippen molar-refractivity contribution in [2.75, 3.05) is 0 Å². The van der Waals surface area contributed by atoms with Crippen LogP contribution in [0.4, 0.5) is 8.78 Å². The molecule has 0 saturated heterocycles. The van der Waals surface area contributed by atoms with Crippen LogP contribution in [0.1, 0.15) is 0 Å². The Morgan fingerprint density at radius 1 is 0.944 bits per heavy atom. The van der Waals surface area contributed by atoms with Gasteiger partial charge in [-0.2, -0.15) is 0 Å². The first-order valence-electron chi connectivity index (χ1n) is 4.87. The Kier molecular flexibility index (Phi) is 3.36. The number of hydrogen-bond acceptors (Lipinski definition) is 2. The zero-order valence-corrected chi connectivity index (χ0v) is 10.5. The van der Waals surface area contributed by atoms with Crippen LogP contribution in [-0.2, 0) is 9.84 Å². The quantitative estimate of drug-likeness (QED) is 0.848. The summed E-state index contributed by atoms with van der Waals surface area (Å²) in [5.74, 6) is -1.81. The molecule has 0 aliphatic carbocycles. The third kappa shape index (κ3) is 2.37. The number of hydrogen-bond donors (Lipinski definition) is 0. The van der Waals surface area contributed by atoms with Crippen molar-refractivity contribution in [3.63, 3.8) is 0 Å². The van der Waals surface area contributed by atoms with Gasteiger partial charge in [-0.15, -0.1) is 0 Å². The first kappa shape index (κ1) is 13.0. The van der Waals surface area contributed by atoms with Gasteiger partial charge < -0.3 is 0 Å². The Balaban J connectivity index is 2.61. The van der Waals surface area contributed by atoms with Crippen molar-refractivity contribution in [1.29, 1.82) is 0 Å². The minimum atomic E-state index is -4.08. The van der Waals surface area contributed by atoms with Crippen molar-refractivity contribution in [1.82, 2.24) is 0 Å². The molecular formula is C12H7ClF2O2S. The highest BCUT2D eigenvalue weighted by Crippen LogP contribution is 2.25. The molecule has 0 N–H and O–H groups in total. The lowest BCUT2D eigenvalue weighted by Gasteiger charge is -2.06. The van der Waals surface area contributed by atoms with Gasteiger partial charge in [-0.05, 0) is 42.5 Å². The monoisotopic (exact) mass is 288 g/mol. The third-order valence-electron chi connectivity index (χ3n) is 2.31. The molecule has 0 spiro atoms. The summed E-state index contributed by atoms with van der Waals surface area (Å²) in [7, 11) is -4.08. The summed E-state index contributed by atoms with van der Waals surface area (Å²) in [6.45, 7) is 0. The van der Waals surface area contributed by atoms with E-state index in [-0.39, 0.29) is 4.90 Å². The van der Waals surface area contributed by atoms with Crippen molar-refractivity contribution < 1.29 is 17.2 Å². The van der Waals surface area contributed by atoms with Crippen molar-refractivity contribution in [2.24, 2.45) is 0 Å². The fourth-order valence-electron chi connectivity index (χ4n) is 1.42. The molecule has 2 rings (SSSR count). The first-order chi connectivity index (χ1) is 8.41. The summed E-state index contributed by atoms with van der Waals surface area (Å²) in [6, 6.07) is 7.49. The number of sulfone groups is 1. The van der Waals surface area contributed by atoms with Crippen LogP contribution >= 0.6 is 11.6 Å². The molecule has 94 valence electrons. The topological polar surface area (TPSA) is 34.1 Å². The van der Waals surface area contributed by atoms with E-state index in [0.29, 0.717) is 11.1 Å². The Labute approximate surface area is 108 Å². The van der Waals surface area contributed by atoms with Gasteiger partial charge in [-0.1, -0.05) is 11.6 Å². The van der Waals surface area contributed by atoms with Gasteiger partial charge in [0, 0.05) is 5.02 Å². The van der Waals surface area contributed by atoms with E-state index in [0.717, 1.165) is 12.1 Å².